The topological polar surface area (TPSA) is 52.9 Å². The number of amides is 1. The molecule has 0 aliphatic rings. The lowest BCUT2D eigenvalue weighted by Gasteiger charge is -2.14. The van der Waals surface area contributed by atoms with Crippen LogP contribution in [0, 0.1) is 11.3 Å². The molecule has 1 amide bonds. The summed E-state index contributed by atoms with van der Waals surface area (Å²) in [6.45, 7) is 1.93. The van der Waals surface area contributed by atoms with Crippen molar-refractivity contribution in [2.75, 3.05) is 0 Å². The van der Waals surface area contributed by atoms with E-state index in [-0.39, 0.29) is 11.9 Å². The predicted molar refractivity (Wildman–Crippen MR) is 82.9 cm³/mol. The molecule has 1 N–H and O–H groups in total. The smallest absolute Gasteiger partial charge is 0.224 e. The average molecular weight is 299 g/mol. The standard InChI is InChI=1S/C17H15ClN2O/c1-12(15-6-8-16(18)9-7-15)20-17(21)10-13-2-4-14(11-19)5-3-13/h2-9,12H,10H2,1H3,(H,20,21). The molecule has 3 nitrogen and oxygen atoms in total. The van der Waals surface area contributed by atoms with E-state index in [1.807, 2.05) is 19.1 Å². The van der Waals surface area contributed by atoms with Crippen LogP contribution in [0.3, 0.4) is 0 Å². The Kier molecular flexibility index (Phi) is 4.97. The maximum atomic E-state index is 12.0. The van der Waals surface area contributed by atoms with E-state index in [0.29, 0.717) is 17.0 Å². The molecule has 0 aromatic heterocycles. The fourth-order valence-electron chi connectivity index (χ4n) is 2.01. The summed E-state index contributed by atoms with van der Waals surface area (Å²) in [6, 6.07) is 16.4. The molecule has 0 bridgehead atoms. The molecular weight excluding hydrogens is 284 g/mol. The molecule has 21 heavy (non-hydrogen) atoms. The number of nitrogens with one attached hydrogen (secondary N) is 1. The molecule has 0 spiro atoms. The molecule has 1 unspecified atom stereocenters. The van der Waals surface area contributed by atoms with Gasteiger partial charge < -0.3 is 5.32 Å². The third kappa shape index (κ3) is 4.34. The zero-order valence-electron chi connectivity index (χ0n) is 11.6. The first kappa shape index (κ1) is 15.1. The van der Waals surface area contributed by atoms with Gasteiger partial charge in [0.05, 0.1) is 24.1 Å². The van der Waals surface area contributed by atoms with Gasteiger partial charge in [0, 0.05) is 5.02 Å². The van der Waals surface area contributed by atoms with E-state index in [0.717, 1.165) is 11.1 Å². The van der Waals surface area contributed by atoms with Gasteiger partial charge in [-0.1, -0.05) is 35.9 Å². The van der Waals surface area contributed by atoms with Crippen LogP contribution in [0.15, 0.2) is 48.5 Å². The van der Waals surface area contributed by atoms with Crippen molar-refractivity contribution in [3.05, 3.63) is 70.2 Å². The molecule has 2 aromatic carbocycles. The van der Waals surface area contributed by atoms with Crippen LogP contribution < -0.4 is 5.32 Å². The van der Waals surface area contributed by atoms with Crippen LogP contribution in [0.5, 0.6) is 0 Å². The third-order valence-corrected chi connectivity index (χ3v) is 3.45. The number of carbonyl (C=O) groups excluding carboxylic acids is 1. The molecular formula is C17H15ClN2O. The van der Waals surface area contributed by atoms with E-state index in [1.165, 1.54) is 0 Å². The summed E-state index contributed by atoms with van der Waals surface area (Å²) < 4.78 is 0. The van der Waals surface area contributed by atoms with E-state index >= 15 is 0 Å². The van der Waals surface area contributed by atoms with Crippen molar-refractivity contribution in [2.45, 2.75) is 19.4 Å². The van der Waals surface area contributed by atoms with Gasteiger partial charge in [0.25, 0.3) is 0 Å². The minimum Gasteiger partial charge on any atom is -0.349 e. The number of rotatable bonds is 4. The first-order valence-electron chi connectivity index (χ1n) is 6.62. The molecule has 0 saturated heterocycles. The third-order valence-electron chi connectivity index (χ3n) is 3.20. The Balaban J connectivity index is 1.94. The van der Waals surface area contributed by atoms with Crippen molar-refractivity contribution in [3.63, 3.8) is 0 Å². The highest BCUT2D eigenvalue weighted by atomic mass is 35.5. The second-order valence-electron chi connectivity index (χ2n) is 4.83. The van der Waals surface area contributed by atoms with Crippen molar-refractivity contribution in [2.24, 2.45) is 0 Å². The molecule has 0 saturated carbocycles. The van der Waals surface area contributed by atoms with E-state index in [1.54, 1.807) is 36.4 Å². The number of carbonyl (C=O) groups is 1. The second kappa shape index (κ2) is 6.92. The van der Waals surface area contributed by atoms with E-state index in [2.05, 4.69) is 11.4 Å². The molecule has 2 aromatic rings. The van der Waals surface area contributed by atoms with Gasteiger partial charge in [-0.15, -0.1) is 0 Å². The predicted octanol–water partition coefficient (Wildman–Crippen LogP) is 3.63. The fourth-order valence-corrected chi connectivity index (χ4v) is 2.14. The Bertz CT molecular complexity index is 657. The highest BCUT2D eigenvalue weighted by Gasteiger charge is 2.10. The first-order chi connectivity index (χ1) is 10.1. The zero-order chi connectivity index (χ0) is 15.2. The van der Waals surface area contributed by atoms with Crippen LogP contribution in [0.2, 0.25) is 5.02 Å². The van der Waals surface area contributed by atoms with Crippen molar-refractivity contribution >= 4 is 17.5 Å². The molecule has 0 aliphatic carbocycles. The molecule has 0 aliphatic heterocycles. The van der Waals surface area contributed by atoms with Crippen LogP contribution in [0.1, 0.15) is 29.7 Å². The lowest BCUT2D eigenvalue weighted by molar-refractivity contribution is -0.121. The van der Waals surface area contributed by atoms with E-state index in [9.17, 15) is 4.79 Å². The zero-order valence-corrected chi connectivity index (χ0v) is 12.4. The van der Waals surface area contributed by atoms with E-state index in [4.69, 9.17) is 16.9 Å². The van der Waals surface area contributed by atoms with Gasteiger partial charge >= 0.3 is 0 Å². The summed E-state index contributed by atoms with van der Waals surface area (Å²) in [5.74, 6) is -0.0536. The van der Waals surface area contributed by atoms with Gasteiger partial charge in [0.2, 0.25) is 5.91 Å². The lowest BCUT2D eigenvalue weighted by Crippen LogP contribution is -2.28. The van der Waals surface area contributed by atoms with Gasteiger partial charge in [0.1, 0.15) is 0 Å². The molecule has 2 rings (SSSR count). The highest BCUT2D eigenvalue weighted by Crippen LogP contribution is 2.16. The maximum absolute atomic E-state index is 12.0. The number of nitrogens with zero attached hydrogens (tertiary/aromatic N) is 1. The van der Waals surface area contributed by atoms with Crippen LogP contribution in [-0.4, -0.2) is 5.91 Å². The van der Waals surface area contributed by atoms with Crippen molar-refractivity contribution in [3.8, 4) is 6.07 Å². The molecule has 4 heteroatoms. The summed E-state index contributed by atoms with van der Waals surface area (Å²) in [7, 11) is 0. The highest BCUT2D eigenvalue weighted by molar-refractivity contribution is 6.30. The van der Waals surface area contributed by atoms with Crippen molar-refractivity contribution in [1.82, 2.24) is 5.32 Å². The fraction of sp³-hybridized carbons (Fsp3) is 0.176. The van der Waals surface area contributed by atoms with Gasteiger partial charge in [-0.25, -0.2) is 0 Å². The summed E-state index contributed by atoms with van der Waals surface area (Å²) in [5.41, 5.74) is 2.48. The lowest BCUT2D eigenvalue weighted by atomic mass is 10.1. The monoisotopic (exact) mass is 298 g/mol. The summed E-state index contributed by atoms with van der Waals surface area (Å²) in [4.78, 5) is 12.0. The van der Waals surface area contributed by atoms with Crippen LogP contribution in [0.4, 0.5) is 0 Å². The average Bonchev–Trinajstić information content (AvgIpc) is 2.48. The largest absolute Gasteiger partial charge is 0.349 e. The quantitative estimate of drug-likeness (QED) is 0.937. The summed E-state index contributed by atoms with van der Waals surface area (Å²) >= 11 is 5.84. The second-order valence-corrected chi connectivity index (χ2v) is 5.26. The Morgan fingerprint density at radius 1 is 1.19 bits per heavy atom. The Hall–Kier alpha value is -2.31. The Labute approximate surface area is 129 Å². The van der Waals surface area contributed by atoms with Crippen LogP contribution >= 0.6 is 11.6 Å². The summed E-state index contributed by atoms with van der Waals surface area (Å²) in [6.07, 6.45) is 0.295. The number of hydrogen-bond donors (Lipinski definition) is 1. The number of hydrogen-bond acceptors (Lipinski definition) is 2. The molecule has 1 atom stereocenters. The minimum absolute atomic E-state index is 0.0536. The Morgan fingerprint density at radius 2 is 1.81 bits per heavy atom. The normalized spacial score (nSPS) is 11.5. The number of benzene rings is 2. The molecule has 106 valence electrons. The Morgan fingerprint density at radius 3 is 2.38 bits per heavy atom. The first-order valence-corrected chi connectivity index (χ1v) is 7.00. The minimum atomic E-state index is -0.0758. The van der Waals surface area contributed by atoms with Gasteiger partial charge in [-0.2, -0.15) is 5.26 Å². The maximum Gasteiger partial charge on any atom is 0.224 e. The molecule has 0 fully saturated rings. The van der Waals surface area contributed by atoms with Crippen molar-refractivity contribution < 1.29 is 4.79 Å². The molecule has 0 heterocycles. The summed E-state index contributed by atoms with van der Waals surface area (Å²) in [5, 5.41) is 12.4. The van der Waals surface area contributed by atoms with E-state index < -0.39 is 0 Å². The van der Waals surface area contributed by atoms with Gasteiger partial charge in [-0.3, -0.25) is 4.79 Å². The number of nitriles is 1. The van der Waals surface area contributed by atoms with Crippen molar-refractivity contribution in [1.29, 1.82) is 5.26 Å². The SMILES string of the molecule is CC(NC(=O)Cc1ccc(C#N)cc1)c1ccc(Cl)cc1. The number of halogens is 1. The van der Waals surface area contributed by atoms with Gasteiger partial charge in [0.15, 0.2) is 0 Å². The van der Waals surface area contributed by atoms with Crippen LogP contribution in [-0.2, 0) is 11.2 Å². The van der Waals surface area contributed by atoms with Gasteiger partial charge in [-0.05, 0) is 42.3 Å². The molecule has 0 radical (unpaired) electrons. The van der Waals surface area contributed by atoms with Crippen LogP contribution in [0.25, 0.3) is 0 Å².